The number of aliphatic imine (C=N–C) groups is 1. The van der Waals surface area contributed by atoms with Gasteiger partial charge >= 0.3 is 5.97 Å². The zero-order chi connectivity index (χ0) is 6.41. The predicted octanol–water partition coefficient (Wildman–Crippen LogP) is 0.564. The number of nitrogens with zero attached hydrogens (tertiary/aromatic N) is 1. The molecule has 8 heavy (non-hydrogen) atoms. The summed E-state index contributed by atoms with van der Waals surface area (Å²) in [5.74, 6) is -0.862. The van der Waals surface area contributed by atoms with Crippen molar-refractivity contribution < 1.29 is 9.90 Å². The Hall–Kier alpha value is -0.730. The fraction of sp³-hybridized carbons (Fsp3) is 0.500. The Morgan fingerprint density at radius 1 is 1.88 bits per heavy atom. The molecule has 0 aromatic heterocycles. The monoisotopic (exact) mass is 131 g/mol. The minimum Gasteiger partial charge on any atom is -0.481 e. The molecule has 0 amide bonds. The molecular formula is C4H5NO2S. The summed E-state index contributed by atoms with van der Waals surface area (Å²) in [6.07, 6.45) is 0.0314. The molecule has 0 aliphatic rings. The quantitative estimate of drug-likeness (QED) is 0.450. The number of aliphatic carboxylic acids is 1. The van der Waals surface area contributed by atoms with Gasteiger partial charge in [0.15, 0.2) is 0 Å². The van der Waals surface area contributed by atoms with E-state index in [1.807, 2.05) is 0 Å². The van der Waals surface area contributed by atoms with Crippen LogP contribution in [0.15, 0.2) is 4.99 Å². The van der Waals surface area contributed by atoms with E-state index < -0.39 is 5.97 Å². The molecule has 0 unspecified atom stereocenters. The highest BCUT2D eigenvalue weighted by atomic mass is 32.1. The number of carboxylic acids is 1. The highest BCUT2D eigenvalue weighted by molar-refractivity contribution is 7.78. The van der Waals surface area contributed by atoms with Crippen LogP contribution in [0, 0.1) is 0 Å². The first-order valence-electron chi connectivity index (χ1n) is 2.03. The molecule has 0 spiro atoms. The third-order valence-electron chi connectivity index (χ3n) is 0.502. The van der Waals surface area contributed by atoms with Crippen LogP contribution in [0.5, 0.6) is 0 Å². The topological polar surface area (TPSA) is 49.7 Å². The van der Waals surface area contributed by atoms with Crippen molar-refractivity contribution in [2.45, 2.75) is 6.42 Å². The van der Waals surface area contributed by atoms with E-state index in [2.05, 4.69) is 22.4 Å². The Bertz CT molecular complexity index is 126. The molecule has 0 aliphatic carbocycles. The number of carbonyl (C=O) groups is 1. The smallest absolute Gasteiger partial charge is 0.305 e. The van der Waals surface area contributed by atoms with E-state index in [4.69, 9.17) is 5.11 Å². The Morgan fingerprint density at radius 2 is 2.50 bits per heavy atom. The number of hydrogen-bond donors (Lipinski definition) is 1. The summed E-state index contributed by atoms with van der Waals surface area (Å²) in [4.78, 5) is 13.1. The Kier molecular flexibility index (Phi) is 4.03. The van der Waals surface area contributed by atoms with Crippen LogP contribution in [0.4, 0.5) is 0 Å². The molecule has 0 saturated heterocycles. The van der Waals surface area contributed by atoms with Gasteiger partial charge < -0.3 is 5.11 Å². The summed E-state index contributed by atoms with van der Waals surface area (Å²) in [5.41, 5.74) is 0. The Labute approximate surface area is 52.0 Å². The van der Waals surface area contributed by atoms with Crippen molar-refractivity contribution in [2.75, 3.05) is 6.54 Å². The molecule has 0 fully saturated rings. The van der Waals surface area contributed by atoms with E-state index in [9.17, 15) is 4.79 Å². The second kappa shape index (κ2) is 4.43. The largest absolute Gasteiger partial charge is 0.481 e. The summed E-state index contributed by atoms with van der Waals surface area (Å²) in [6.45, 7) is 0.235. The van der Waals surface area contributed by atoms with Crippen LogP contribution >= 0.6 is 12.2 Å². The molecule has 0 rings (SSSR count). The van der Waals surface area contributed by atoms with Gasteiger partial charge in [-0.15, -0.1) is 0 Å². The summed E-state index contributed by atoms with van der Waals surface area (Å²) >= 11 is 4.19. The number of isothiocyanates is 1. The van der Waals surface area contributed by atoms with Crippen LogP contribution in [-0.4, -0.2) is 22.8 Å². The highest BCUT2D eigenvalue weighted by Crippen LogP contribution is 1.77. The lowest BCUT2D eigenvalue weighted by Gasteiger charge is -1.81. The lowest BCUT2D eigenvalue weighted by Crippen LogP contribution is -1.95. The van der Waals surface area contributed by atoms with E-state index in [1.54, 1.807) is 0 Å². The first kappa shape index (κ1) is 7.27. The van der Waals surface area contributed by atoms with E-state index in [1.165, 1.54) is 0 Å². The number of carboxylic acid groups (broad SMARTS) is 1. The maximum atomic E-state index is 9.75. The Morgan fingerprint density at radius 3 is 2.88 bits per heavy atom. The van der Waals surface area contributed by atoms with Crippen molar-refractivity contribution in [3.63, 3.8) is 0 Å². The zero-order valence-corrected chi connectivity index (χ0v) is 4.94. The van der Waals surface area contributed by atoms with Crippen molar-refractivity contribution in [3.8, 4) is 0 Å². The van der Waals surface area contributed by atoms with Gasteiger partial charge in [0.05, 0.1) is 18.1 Å². The van der Waals surface area contributed by atoms with Crippen LogP contribution in [0.3, 0.4) is 0 Å². The van der Waals surface area contributed by atoms with Crippen molar-refractivity contribution in [1.29, 1.82) is 0 Å². The van der Waals surface area contributed by atoms with Gasteiger partial charge in [-0.05, 0) is 12.2 Å². The second-order valence-corrected chi connectivity index (χ2v) is 1.30. The highest BCUT2D eigenvalue weighted by Gasteiger charge is 1.90. The van der Waals surface area contributed by atoms with Crippen LogP contribution in [0.1, 0.15) is 6.42 Å². The maximum Gasteiger partial charge on any atom is 0.305 e. The molecule has 0 heterocycles. The second-order valence-electron chi connectivity index (χ2n) is 1.12. The summed E-state index contributed by atoms with van der Waals surface area (Å²) < 4.78 is 0. The van der Waals surface area contributed by atoms with Gasteiger partial charge in [0.2, 0.25) is 0 Å². The SMILES string of the molecule is O=C(O)CCN=C=S. The van der Waals surface area contributed by atoms with Gasteiger partial charge in [-0.1, -0.05) is 0 Å². The van der Waals surface area contributed by atoms with E-state index in [-0.39, 0.29) is 13.0 Å². The average molecular weight is 131 g/mol. The van der Waals surface area contributed by atoms with Gasteiger partial charge in [-0.2, -0.15) is 0 Å². The minimum atomic E-state index is -0.862. The fourth-order valence-electron chi connectivity index (χ4n) is 0.197. The van der Waals surface area contributed by atoms with E-state index >= 15 is 0 Å². The van der Waals surface area contributed by atoms with Crippen molar-refractivity contribution in [1.82, 2.24) is 0 Å². The van der Waals surface area contributed by atoms with Crippen LogP contribution in [0.2, 0.25) is 0 Å². The van der Waals surface area contributed by atoms with Gasteiger partial charge in [0, 0.05) is 0 Å². The first-order valence-corrected chi connectivity index (χ1v) is 2.43. The normalized spacial score (nSPS) is 7.50. The molecule has 0 aliphatic heterocycles. The van der Waals surface area contributed by atoms with Gasteiger partial charge in [-0.25, -0.2) is 4.99 Å². The van der Waals surface area contributed by atoms with Crippen LogP contribution < -0.4 is 0 Å². The van der Waals surface area contributed by atoms with Crippen LogP contribution in [0.25, 0.3) is 0 Å². The first-order chi connectivity index (χ1) is 3.77. The third-order valence-corrected chi connectivity index (χ3v) is 0.631. The standard InChI is InChI=1S/C4H5NO2S/c6-4(7)1-2-5-3-8/h1-2H2,(H,6,7). The van der Waals surface area contributed by atoms with E-state index in [0.29, 0.717) is 0 Å². The number of thiocarbonyl (C=S) groups is 1. The molecule has 1 N–H and O–H groups in total. The van der Waals surface area contributed by atoms with Gasteiger partial charge in [0.1, 0.15) is 0 Å². The summed E-state index contributed by atoms with van der Waals surface area (Å²) in [7, 11) is 0. The molecule has 3 nitrogen and oxygen atoms in total. The molecule has 0 atom stereocenters. The summed E-state index contributed by atoms with van der Waals surface area (Å²) in [6, 6.07) is 0. The predicted molar refractivity (Wildman–Crippen MR) is 32.1 cm³/mol. The maximum absolute atomic E-state index is 9.75. The number of rotatable bonds is 3. The molecule has 0 aromatic rings. The fourth-order valence-corrected chi connectivity index (χ4v) is 0.288. The lowest BCUT2D eigenvalue weighted by molar-refractivity contribution is -0.136. The van der Waals surface area contributed by atoms with Crippen molar-refractivity contribution in [3.05, 3.63) is 0 Å². The molecule has 44 valence electrons. The molecule has 0 saturated carbocycles. The van der Waals surface area contributed by atoms with Crippen LogP contribution in [-0.2, 0) is 4.79 Å². The average Bonchev–Trinajstić information content (AvgIpc) is 1.66. The summed E-state index contributed by atoms with van der Waals surface area (Å²) in [5, 5.41) is 10.1. The molecule has 0 bridgehead atoms. The molecule has 4 heteroatoms. The minimum absolute atomic E-state index is 0.0314. The third kappa shape index (κ3) is 5.27. The number of hydrogen-bond acceptors (Lipinski definition) is 3. The van der Waals surface area contributed by atoms with Gasteiger partial charge in [-0.3, -0.25) is 4.79 Å². The van der Waals surface area contributed by atoms with Crippen molar-refractivity contribution in [2.24, 2.45) is 4.99 Å². The van der Waals surface area contributed by atoms with E-state index in [0.717, 1.165) is 0 Å². The van der Waals surface area contributed by atoms with Crippen molar-refractivity contribution >= 4 is 23.3 Å². The lowest BCUT2D eigenvalue weighted by atomic mass is 10.4. The molecule has 0 radical (unpaired) electrons. The molecular weight excluding hydrogens is 126 g/mol. The Balaban J connectivity index is 3.18. The van der Waals surface area contributed by atoms with Gasteiger partial charge in [0.25, 0.3) is 0 Å². The zero-order valence-electron chi connectivity index (χ0n) is 4.13. The molecule has 0 aromatic carbocycles.